The lowest BCUT2D eigenvalue weighted by Crippen LogP contribution is -2.35. The number of nitrogens with zero attached hydrogens (tertiary/aromatic N) is 2. The number of carbonyl (C=O) groups excluding carboxylic acids is 1. The monoisotopic (exact) mass is 346 g/mol. The minimum Gasteiger partial charge on any atom is -0.315 e. The third kappa shape index (κ3) is 5.18. The van der Waals surface area contributed by atoms with Crippen molar-refractivity contribution in [1.29, 1.82) is 0 Å². The van der Waals surface area contributed by atoms with Crippen molar-refractivity contribution in [2.24, 2.45) is 0 Å². The molecule has 0 aliphatic rings. The predicted octanol–water partition coefficient (Wildman–Crippen LogP) is 2.50. The van der Waals surface area contributed by atoms with Gasteiger partial charge in [-0.05, 0) is 17.7 Å². The number of benzene rings is 2. The quantitative estimate of drug-likeness (QED) is 0.774. The van der Waals surface area contributed by atoms with E-state index in [2.05, 4.69) is 0 Å². The van der Waals surface area contributed by atoms with Crippen molar-refractivity contribution in [3.8, 4) is 0 Å². The summed E-state index contributed by atoms with van der Waals surface area (Å²) in [5.74, 6) is -0.122. The topological polar surface area (TPSA) is 57.7 Å². The first-order valence-corrected chi connectivity index (χ1v) is 9.53. The van der Waals surface area contributed by atoms with Crippen LogP contribution in [0.3, 0.4) is 0 Å². The molecular formula is C18H22N2O3S. The highest BCUT2D eigenvalue weighted by Crippen LogP contribution is 2.14. The van der Waals surface area contributed by atoms with Gasteiger partial charge in [0.25, 0.3) is 0 Å². The fourth-order valence-electron chi connectivity index (χ4n) is 2.33. The second-order valence-corrected chi connectivity index (χ2v) is 7.60. The van der Waals surface area contributed by atoms with Gasteiger partial charge in [0.1, 0.15) is 0 Å². The highest BCUT2D eigenvalue weighted by molar-refractivity contribution is 7.88. The molecule has 0 radical (unpaired) electrons. The zero-order valence-corrected chi connectivity index (χ0v) is 14.7. The summed E-state index contributed by atoms with van der Waals surface area (Å²) in [7, 11) is -1.69. The molecule has 0 spiro atoms. The molecule has 2 aromatic carbocycles. The molecule has 0 saturated heterocycles. The van der Waals surface area contributed by atoms with Gasteiger partial charge in [-0.25, -0.2) is 8.42 Å². The Morgan fingerprint density at radius 2 is 1.50 bits per heavy atom. The van der Waals surface area contributed by atoms with Crippen LogP contribution in [0.4, 0.5) is 5.69 Å². The van der Waals surface area contributed by atoms with E-state index >= 15 is 0 Å². The van der Waals surface area contributed by atoms with Gasteiger partial charge in [-0.1, -0.05) is 48.5 Å². The maximum atomic E-state index is 12.3. The number of amides is 1. The maximum absolute atomic E-state index is 12.3. The molecule has 0 unspecified atom stereocenters. The standard InChI is InChI=1S/C18H22N2O3S/c1-19(17-11-7-4-8-12-17)18(21)13-14-20(24(2,22)23)15-16-9-5-3-6-10-16/h3-12H,13-15H2,1-2H3. The van der Waals surface area contributed by atoms with Crippen LogP contribution >= 0.6 is 0 Å². The molecule has 0 aromatic heterocycles. The Morgan fingerprint density at radius 3 is 2.04 bits per heavy atom. The fraction of sp³-hybridized carbons (Fsp3) is 0.278. The van der Waals surface area contributed by atoms with E-state index in [1.807, 2.05) is 60.7 Å². The average Bonchev–Trinajstić information content (AvgIpc) is 2.58. The lowest BCUT2D eigenvalue weighted by atomic mass is 10.2. The normalized spacial score (nSPS) is 11.5. The molecule has 0 aliphatic carbocycles. The van der Waals surface area contributed by atoms with Crippen LogP contribution in [0.2, 0.25) is 0 Å². The number of rotatable bonds is 7. The van der Waals surface area contributed by atoms with Crippen molar-refractivity contribution in [2.75, 3.05) is 24.7 Å². The minimum atomic E-state index is -3.39. The number of sulfonamides is 1. The highest BCUT2D eigenvalue weighted by Gasteiger charge is 2.19. The van der Waals surface area contributed by atoms with Crippen LogP contribution in [0.25, 0.3) is 0 Å². The smallest absolute Gasteiger partial charge is 0.228 e. The first-order chi connectivity index (χ1) is 11.4. The van der Waals surface area contributed by atoms with E-state index in [1.165, 1.54) is 10.6 Å². The molecule has 0 bridgehead atoms. The summed E-state index contributed by atoms with van der Waals surface area (Å²) in [6.45, 7) is 0.422. The van der Waals surface area contributed by atoms with Crippen LogP contribution in [0.5, 0.6) is 0 Å². The molecule has 2 rings (SSSR count). The summed E-state index contributed by atoms with van der Waals surface area (Å²) in [4.78, 5) is 13.9. The van der Waals surface area contributed by atoms with E-state index in [1.54, 1.807) is 11.9 Å². The van der Waals surface area contributed by atoms with Crippen LogP contribution in [0.15, 0.2) is 60.7 Å². The van der Waals surface area contributed by atoms with Crippen molar-refractivity contribution in [3.63, 3.8) is 0 Å². The molecule has 128 valence electrons. The Labute approximate surface area is 143 Å². The van der Waals surface area contributed by atoms with Crippen molar-refractivity contribution < 1.29 is 13.2 Å². The van der Waals surface area contributed by atoms with Gasteiger partial charge in [0.05, 0.1) is 6.26 Å². The van der Waals surface area contributed by atoms with Crippen LogP contribution in [-0.4, -0.2) is 38.5 Å². The number of anilines is 1. The molecule has 1 amide bonds. The molecule has 0 saturated carbocycles. The van der Waals surface area contributed by atoms with Crippen molar-refractivity contribution >= 4 is 21.6 Å². The van der Waals surface area contributed by atoms with Crippen LogP contribution in [0, 0.1) is 0 Å². The molecule has 2 aromatic rings. The van der Waals surface area contributed by atoms with Crippen LogP contribution < -0.4 is 4.90 Å². The van der Waals surface area contributed by atoms with Gasteiger partial charge in [0.15, 0.2) is 0 Å². The second kappa shape index (κ2) is 8.08. The third-order valence-corrected chi connectivity index (χ3v) is 5.01. The van der Waals surface area contributed by atoms with E-state index in [0.29, 0.717) is 0 Å². The van der Waals surface area contributed by atoms with Crippen molar-refractivity contribution in [2.45, 2.75) is 13.0 Å². The molecular weight excluding hydrogens is 324 g/mol. The molecule has 0 aliphatic heterocycles. The van der Waals surface area contributed by atoms with Gasteiger partial charge in [0, 0.05) is 32.2 Å². The Bertz CT molecular complexity index is 761. The summed E-state index contributed by atoms with van der Waals surface area (Å²) in [6, 6.07) is 18.6. The summed E-state index contributed by atoms with van der Waals surface area (Å²) in [6.07, 6.45) is 1.30. The molecule has 5 nitrogen and oxygen atoms in total. The van der Waals surface area contributed by atoms with E-state index in [0.717, 1.165) is 11.3 Å². The van der Waals surface area contributed by atoms with Gasteiger partial charge in [-0.15, -0.1) is 0 Å². The van der Waals surface area contributed by atoms with E-state index in [-0.39, 0.29) is 25.4 Å². The zero-order chi connectivity index (χ0) is 17.6. The Morgan fingerprint density at radius 1 is 0.958 bits per heavy atom. The first kappa shape index (κ1) is 18.2. The Kier molecular flexibility index (Phi) is 6.11. The average molecular weight is 346 g/mol. The van der Waals surface area contributed by atoms with Gasteiger partial charge < -0.3 is 4.90 Å². The lowest BCUT2D eigenvalue weighted by molar-refractivity contribution is -0.118. The Balaban J connectivity index is 2.01. The predicted molar refractivity (Wildman–Crippen MR) is 96.2 cm³/mol. The largest absolute Gasteiger partial charge is 0.315 e. The van der Waals surface area contributed by atoms with E-state index in [9.17, 15) is 13.2 Å². The SMILES string of the molecule is CN(C(=O)CCN(Cc1ccccc1)S(C)(=O)=O)c1ccccc1. The summed E-state index contributed by atoms with van der Waals surface area (Å²) < 4.78 is 25.3. The molecule has 0 heterocycles. The van der Waals surface area contributed by atoms with Crippen LogP contribution in [-0.2, 0) is 21.4 Å². The number of hydrogen-bond donors (Lipinski definition) is 0. The number of para-hydroxylation sites is 1. The summed E-state index contributed by atoms with van der Waals surface area (Å²) >= 11 is 0. The maximum Gasteiger partial charge on any atom is 0.228 e. The van der Waals surface area contributed by atoms with E-state index in [4.69, 9.17) is 0 Å². The van der Waals surface area contributed by atoms with Gasteiger partial charge in [0.2, 0.25) is 15.9 Å². The molecule has 0 N–H and O–H groups in total. The van der Waals surface area contributed by atoms with Crippen molar-refractivity contribution in [3.05, 3.63) is 66.2 Å². The fourth-order valence-corrected chi connectivity index (χ4v) is 3.14. The summed E-state index contributed by atoms with van der Waals surface area (Å²) in [5.41, 5.74) is 1.68. The highest BCUT2D eigenvalue weighted by atomic mass is 32.2. The second-order valence-electron chi connectivity index (χ2n) is 5.62. The zero-order valence-electron chi connectivity index (χ0n) is 13.9. The Hall–Kier alpha value is -2.18. The van der Waals surface area contributed by atoms with Crippen LogP contribution in [0.1, 0.15) is 12.0 Å². The van der Waals surface area contributed by atoms with Gasteiger partial charge >= 0.3 is 0 Å². The number of carbonyl (C=O) groups is 1. The molecule has 0 atom stereocenters. The third-order valence-electron chi connectivity index (χ3n) is 3.76. The number of hydrogen-bond acceptors (Lipinski definition) is 3. The first-order valence-electron chi connectivity index (χ1n) is 7.68. The summed E-state index contributed by atoms with van der Waals surface area (Å²) in [5, 5.41) is 0. The molecule has 0 fully saturated rings. The molecule has 6 heteroatoms. The lowest BCUT2D eigenvalue weighted by Gasteiger charge is -2.22. The minimum absolute atomic E-state index is 0.122. The van der Waals surface area contributed by atoms with Gasteiger partial charge in [-0.2, -0.15) is 4.31 Å². The van der Waals surface area contributed by atoms with Crippen molar-refractivity contribution in [1.82, 2.24) is 4.31 Å². The molecule has 24 heavy (non-hydrogen) atoms. The van der Waals surface area contributed by atoms with E-state index < -0.39 is 10.0 Å². The van der Waals surface area contributed by atoms with Gasteiger partial charge in [-0.3, -0.25) is 4.79 Å².